The Bertz CT molecular complexity index is 988. The van der Waals surface area contributed by atoms with E-state index in [2.05, 4.69) is 15.1 Å². The lowest BCUT2D eigenvalue weighted by molar-refractivity contribution is -0.141. The second-order valence-corrected chi connectivity index (χ2v) is 7.07. The zero-order chi connectivity index (χ0) is 21.7. The molecular formula is C20H22FN5O3S. The van der Waals surface area contributed by atoms with Crippen molar-refractivity contribution in [1.29, 1.82) is 0 Å². The lowest BCUT2D eigenvalue weighted by Gasteiger charge is -2.19. The third-order valence-corrected chi connectivity index (χ3v) is 5.08. The van der Waals surface area contributed by atoms with Gasteiger partial charge in [0.1, 0.15) is 22.3 Å². The number of fused-ring (bicyclic) bond motifs is 1. The van der Waals surface area contributed by atoms with Crippen LogP contribution in [0, 0.1) is 5.82 Å². The fourth-order valence-corrected chi connectivity index (χ4v) is 3.60. The van der Waals surface area contributed by atoms with Crippen LogP contribution in [0.25, 0.3) is 0 Å². The van der Waals surface area contributed by atoms with Gasteiger partial charge in [0.05, 0.1) is 25.5 Å². The Balaban J connectivity index is 0.00000124. The second kappa shape index (κ2) is 9.68. The topological polar surface area (TPSA) is 93.4 Å². The zero-order valence-corrected chi connectivity index (χ0v) is 17.6. The number of nitrogens with zero attached hydrogens (tertiary/aromatic N) is 5. The standard InChI is InChI=1S/C18H16FN5O3S.C2H6/c1-27-12-4-5-15(21-7-12)28-24-9-11-8-23(10-14(11)22-24)18(26)17(25)16-13(19)3-2-6-20-16;1-2/h2-7,9,17,25H,8,10H2,1H3;1-2H3. The van der Waals surface area contributed by atoms with E-state index in [-0.39, 0.29) is 18.8 Å². The normalized spacial score (nSPS) is 13.3. The van der Waals surface area contributed by atoms with Crippen molar-refractivity contribution in [3.05, 3.63) is 65.6 Å². The maximum atomic E-state index is 13.8. The number of hydrogen-bond acceptors (Lipinski definition) is 7. The molecule has 4 heterocycles. The van der Waals surface area contributed by atoms with Gasteiger partial charge in [0.2, 0.25) is 0 Å². The quantitative estimate of drug-likeness (QED) is 0.664. The van der Waals surface area contributed by atoms with Crippen LogP contribution in [0.5, 0.6) is 5.75 Å². The van der Waals surface area contributed by atoms with Gasteiger partial charge in [-0.3, -0.25) is 9.78 Å². The summed E-state index contributed by atoms with van der Waals surface area (Å²) in [6.07, 6.45) is 3.13. The first kappa shape index (κ1) is 21.7. The van der Waals surface area contributed by atoms with Gasteiger partial charge in [0.15, 0.2) is 6.10 Å². The molecule has 10 heteroatoms. The molecule has 3 aromatic rings. The number of halogens is 1. The largest absolute Gasteiger partial charge is 0.495 e. The summed E-state index contributed by atoms with van der Waals surface area (Å²) in [5, 5.41) is 15.4. The predicted molar refractivity (Wildman–Crippen MR) is 109 cm³/mol. The van der Waals surface area contributed by atoms with Crippen molar-refractivity contribution in [2.45, 2.75) is 38.1 Å². The molecule has 0 spiro atoms. The van der Waals surface area contributed by atoms with Gasteiger partial charge in [-0.25, -0.2) is 13.5 Å². The Hall–Kier alpha value is -2.98. The molecule has 158 valence electrons. The van der Waals surface area contributed by atoms with Crippen LogP contribution in [-0.4, -0.2) is 42.2 Å². The van der Waals surface area contributed by atoms with Crippen molar-refractivity contribution >= 4 is 17.9 Å². The van der Waals surface area contributed by atoms with E-state index >= 15 is 0 Å². The number of aliphatic hydroxyl groups is 1. The van der Waals surface area contributed by atoms with Crippen LogP contribution in [0.3, 0.4) is 0 Å². The third kappa shape index (κ3) is 4.60. The molecule has 0 saturated carbocycles. The highest BCUT2D eigenvalue weighted by Crippen LogP contribution is 2.28. The fourth-order valence-electron chi connectivity index (χ4n) is 2.86. The highest BCUT2D eigenvalue weighted by molar-refractivity contribution is 7.97. The van der Waals surface area contributed by atoms with Crippen molar-refractivity contribution in [1.82, 2.24) is 24.1 Å². The maximum absolute atomic E-state index is 13.8. The van der Waals surface area contributed by atoms with Gasteiger partial charge >= 0.3 is 0 Å². The Morgan fingerprint density at radius 3 is 2.70 bits per heavy atom. The number of ether oxygens (including phenoxy) is 1. The average Bonchev–Trinajstić information content (AvgIpc) is 3.34. The number of carbonyl (C=O) groups is 1. The molecule has 1 aliphatic heterocycles. The minimum atomic E-state index is -1.64. The van der Waals surface area contributed by atoms with Crippen LogP contribution in [0.15, 0.2) is 47.9 Å². The van der Waals surface area contributed by atoms with Crippen LogP contribution < -0.4 is 4.74 Å². The Kier molecular flexibility index (Phi) is 7.01. The van der Waals surface area contributed by atoms with Crippen molar-refractivity contribution in [3.8, 4) is 5.75 Å². The summed E-state index contributed by atoms with van der Waals surface area (Å²) in [6.45, 7) is 4.53. The first-order valence-electron chi connectivity index (χ1n) is 9.38. The van der Waals surface area contributed by atoms with E-state index in [0.717, 1.165) is 22.3 Å². The smallest absolute Gasteiger partial charge is 0.258 e. The summed E-state index contributed by atoms with van der Waals surface area (Å²) in [4.78, 5) is 22.0. The van der Waals surface area contributed by atoms with Gasteiger partial charge in [0, 0.05) is 36.4 Å². The highest BCUT2D eigenvalue weighted by Gasteiger charge is 2.32. The molecule has 3 aromatic heterocycles. The maximum Gasteiger partial charge on any atom is 0.258 e. The summed E-state index contributed by atoms with van der Waals surface area (Å²) < 4.78 is 20.5. The summed E-state index contributed by atoms with van der Waals surface area (Å²) in [6, 6.07) is 6.20. The molecule has 30 heavy (non-hydrogen) atoms. The molecule has 1 N–H and O–H groups in total. The summed E-state index contributed by atoms with van der Waals surface area (Å²) in [5.74, 6) is -0.648. The number of pyridine rings is 2. The van der Waals surface area contributed by atoms with Crippen LogP contribution in [0.1, 0.15) is 36.9 Å². The molecule has 0 radical (unpaired) electrons. The molecule has 0 aromatic carbocycles. The molecule has 1 unspecified atom stereocenters. The van der Waals surface area contributed by atoms with Crippen molar-refractivity contribution in [3.63, 3.8) is 0 Å². The monoisotopic (exact) mass is 431 g/mol. The van der Waals surface area contributed by atoms with Crippen LogP contribution >= 0.6 is 11.9 Å². The molecule has 4 rings (SSSR count). The summed E-state index contributed by atoms with van der Waals surface area (Å²) in [5.41, 5.74) is 1.31. The molecule has 0 saturated heterocycles. The minimum Gasteiger partial charge on any atom is -0.495 e. The number of rotatable bonds is 5. The Morgan fingerprint density at radius 2 is 2.07 bits per heavy atom. The van der Waals surface area contributed by atoms with E-state index in [1.54, 1.807) is 17.4 Å². The fraction of sp³-hybridized carbons (Fsp3) is 0.300. The number of aromatic nitrogens is 4. The van der Waals surface area contributed by atoms with E-state index in [1.165, 1.54) is 29.1 Å². The average molecular weight is 431 g/mol. The third-order valence-electron chi connectivity index (χ3n) is 4.28. The van der Waals surface area contributed by atoms with Crippen molar-refractivity contribution in [2.24, 2.45) is 0 Å². The molecule has 0 bridgehead atoms. The first-order valence-corrected chi connectivity index (χ1v) is 10.2. The zero-order valence-electron chi connectivity index (χ0n) is 16.8. The number of hydrogen-bond donors (Lipinski definition) is 1. The molecule has 8 nitrogen and oxygen atoms in total. The Morgan fingerprint density at radius 1 is 1.27 bits per heavy atom. The second-order valence-electron chi connectivity index (χ2n) is 6.10. The highest BCUT2D eigenvalue weighted by atomic mass is 32.2. The minimum absolute atomic E-state index is 0.239. The van der Waals surface area contributed by atoms with E-state index in [4.69, 9.17) is 4.74 Å². The van der Waals surface area contributed by atoms with Gasteiger partial charge in [-0.2, -0.15) is 5.10 Å². The van der Waals surface area contributed by atoms with Gasteiger partial charge in [-0.05, 0) is 24.3 Å². The van der Waals surface area contributed by atoms with E-state index in [0.29, 0.717) is 5.75 Å². The lowest BCUT2D eigenvalue weighted by Crippen LogP contribution is -2.32. The van der Waals surface area contributed by atoms with Crippen LogP contribution in [0.4, 0.5) is 4.39 Å². The van der Waals surface area contributed by atoms with E-state index < -0.39 is 17.8 Å². The molecule has 1 atom stereocenters. The van der Waals surface area contributed by atoms with Crippen molar-refractivity contribution < 1.29 is 19.0 Å². The van der Waals surface area contributed by atoms with Gasteiger partial charge in [-0.15, -0.1) is 0 Å². The number of carbonyl (C=O) groups excluding carboxylic acids is 1. The van der Waals surface area contributed by atoms with Crippen LogP contribution in [-0.2, 0) is 17.9 Å². The molecule has 0 aliphatic carbocycles. The number of amides is 1. The predicted octanol–water partition coefficient (Wildman–Crippen LogP) is 2.98. The first-order chi connectivity index (χ1) is 14.5. The SMILES string of the molecule is CC.COc1ccc(Sn2cc3c(n2)CN(C(=O)C(O)c2ncccc2F)C3)nc1. The van der Waals surface area contributed by atoms with E-state index in [9.17, 15) is 14.3 Å². The number of methoxy groups -OCH3 is 1. The van der Waals surface area contributed by atoms with Crippen molar-refractivity contribution in [2.75, 3.05) is 7.11 Å². The van der Waals surface area contributed by atoms with Gasteiger partial charge in [-0.1, -0.05) is 13.8 Å². The molecule has 0 fully saturated rings. The molecular weight excluding hydrogens is 409 g/mol. The van der Waals surface area contributed by atoms with Crippen LogP contribution in [0.2, 0.25) is 0 Å². The molecule has 1 amide bonds. The van der Waals surface area contributed by atoms with Gasteiger partial charge < -0.3 is 14.7 Å². The van der Waals surface area contributed by atoms with E-state index in [1.807, 2.05) is 32.2 Å². The molecule has 1 aliphatic rings. The number of aliphatic hydroxyl groups excluding tert-OH is 1. The lowest BCUT2D eigenvalue weighted by atomic mass is 10.2. The summed E-state index contributed by atoms with van der Waals surface area (Å²) in [7, 11) is 1.58. The van der Waals surface area contributed by atoms with Gasteiger partial charge in [0.25, 0.3) is 5.91 Å². The summed E-state index contributed by atoms with van der Waals surface area (Å²) >= 11 is 1.33. The Labute approximate surface area is 177 Å².